The van der Waals surface area contributed by atoms with Crippen molar-refractivity contribution in [2.75, 3.05) is 0 Å². The Kier molecular flexibility index (Phi) is 25.5. The Hall–Kier alpha value is -0.610. The average Bonchev–Trinajstić information content (AvgIpc) is 2.79. The van der Waals surface area contributed by atoms with E-state index in [9.17, 15) is 15.0 Å². The zero-order valence-corrected chi connectivity index (χ0v) is 22.1. The number of unbranched alkanes of at least 4 members (excludes halogenated alkanes) is 18. The van der Waals surface area contributed by atoms with Gasteiger partial charge in [0.1, 0.15) is 0 Å². The number of aliphatic hydroxyl groups is 2. The van der Waals surface area contributed by atoms with Gasteiger partial charge in [-0.3, -0.25) is 4.79 Å². The van der Waals surface area contributed by atoms with Crippen LogP contribution in [-0.2, 0) is 4.79 Å². The average molecular weight is 471 g/mol. The SMILES string of the molecule is CCCCCCCCCCCCCCCCC(O)CCC(O)CCCCCCCCC(=O)O. The summed E-state index contributed by atoms with van der Waals surface area (Å²) in [6.45, 7) is 2.27. The van der Waals surface area contributed by atoms with E-state index >= 15 is 0 Å². The molecule has 0 saturated carbocycles. The molecule has 0 radical (unpaired) electrons. The first kappa shape index (κ1) is 32.4. The molecule has 0 bridgehead atoms. The van der Waals surface area contributed by atoms with Gasteiger partial charge in [0.05, 0.1) is 12.2 Å². The molecule has 0 aliphatic rings. The summed E-state index contributed by atoms with van der Waals surface area (Å²) in [4.78, 5) is 10.4. The highest BCUT2D eigenvalue weighted by atomic mass is 16.4. The standard InChI is InChI=1S/C29H58O4/c1-2-3-4-5-6-7-8-9-10-11-12-13-16-19-22-27(30)25-26-28(31)23-20-17-14-15-18-21-24-29(32)33/h27-28,30-31H,2-26H2,1H3,(H,32,33). The van der Waals surface area contributed by atoms with E-state index in [1.165, 1.54) is 83.5 Å². The summed E-state index contributed by atoms with van der Waals surface area (Å²) in [5.74, 6) is -0.704. The maximum Gasteiger partial charge on any atom is 0.303 e. The normalized spacial score (nSPS) is 13.3. The van der Waals surface area contributed by atoms with Crippen molar-refractivity contribution in [3.05, 3.63) is 0 Å². The van der Waals surface area contributed by atoms with Crippen molar-refractivity contribution in [1.29, 1.82) is 0 Å². The number of carboxylic acid groups (broad SMARTS) is 1. The Labute approximate surface area is 206 Å². The van der Waals surface area contributed by atoms with Gasteiger partial charge in [0.15, 0.2) is 0 Å². The van der Waals surface area contributed by atoms with E-state index in [1.54, 1.807) is 0 Å². The van der Waals surface area contributed by atoms with Crippen molar-refractivity contribution in [3.63, 3.8) is 0 Å². The van der Waals surface area contributed by atoms with Gasteiger partial charge >= 0.3 is 5.97 Å². The number of carbonyl (C=O) groups is 1. The van der Waals surface area contributed by atoms with Crippen molar-refractivity contribution in [2.45, 2.75) is 180 Å². The lowest BCUT2D eigenvalue weighted by Crippen LogP contribution is -2.13. The van der Waals surface area contributed by atoms with Crippen LogP contribution in [-0.4, -0.2) is 33.5 Å². The first-order valence-electron chi connectivity index (χ1n) is 14.6. The topological polar surface area (TPSA) is 77.8 Å². The summed E-state index contributed by atoms with van der Waals surface area (Å²) < 4.78 is 0. The summed E-state index contributed by atoms with van der Waals surface area (Å²) >= 11 is 0. The molecule has 0 fully saturated rings. The molecule has 0 heterocycles. The minimum absolute atomic E-state index is 0.258. The van der Waals surface area contributed by atoms with Crippen LogP contribution in [0.1, 0.15) is 167 Å². The summed E-state index contributed by atoms with van der Waals surface area (Å²) in [7, 11) is 0. The molecule has 0 aliphatic carbocycles. The number of aliphatic carboxylic acids is 1. The van der Waals surface area contributed by atoms with Crippen LogP contribution in [0.5, 0.6) is 0 Å². The molecule has 2 unspecified atom stereocenters. The second kappa shape index (κ2) is 26.0. The molecular formula is C29H58O4. The fourth-order valence-electron chi connectivity index (χ4n) is 4.61. The van der Waals surface area contributed by atoms with E-state index in [4.69, 9.17) is 5.11 Å². The molecular weight excluding hydrogens is 412 g/mol. The lowest BCUT2D eigenvalue weighted by atomic mass is 10.00. The van der Waals surface area contributed by atoms with E-state index in [0.29, 0.717) is 6.42 Å². The van der Waals surface area contributed by atoms with E-state index in [-0.39, 0.29) is 18.6 Å². The third kappa shape index (κ3) is 27.5. The molecule has 0 amide bonds. The molecule has 2 atom stereocenters. The Bertz CT molecular complexity index is 399. The van der Waals surface area contributed by atoms with Crippen molar-refractivity contribution in [2.24, 2.45) is 0 Å². The summed E-state index contributed by atoms with van der Waals surface area (Å²) in [6, 6.07) is 0. The highest BCUT2D eigenvalue weighted by molar-refractivity contribution is 5.66. The highest BCUT2D eigenvalue weighted by Crippen LogP contribution is 2.16. The van der Waals surface area contributed by atoms with Crippen LogP contribution in [0.25, 0.3) is 0 Å². The fraction of sp³-hybridized carbons (Fsp3) is 0.966. The maximum absolute atomic E-state index is 10.4. The van der Waals surface area contributed by atoms with Gasteiger partial charge in [-0.05, 0) is 32.1 Å². The second-order valence-corrected chi connectivity index (χ2v) is 10.3. The Balaban J connectivity index is 3.29. The smallest absolute Gasteiger partial charge is 0.303 e. The number of rotatable bonds is 27. The van der Waals surface area contributed by atoms with Crippen LogP contribution in [0.3, 0.4) is 0 Å². The molecule has 198 valence electrons. The third-order valence-electron chi connectivity index (χ3n) is 6.90. The van der Waals surface area contributed by atoms with Crippen LogP contribution in [0.2, 0.25) is 0 Å². The molecule has 33 heavy (non-hydrogen) atoms. The summed E-state index contributed by atoms with van der Waals surface area (Å²) in [5.41, 5.74) is 0. The van der Waals surface area contributed by atoms with Gasteiger partial charge in [-0.2, -0.15) is 0 Å². The first-order chi connectivity index (χ1) is 16.1. The van der Waals surface area contributed by atoms with Gasteiger partial charge in [0, 0.05) is 6.42 Å². The molecule has 4 nitrogen and oxygen atoms in total. The lowest BCUT2D eigenvalue weighted by molar-refractivity contribution is -0.137. The largest absolute Gasteiger partial charge is 0.481 e. The first-order valence-corrected chi connectivity index (χ1v) is 14.6. The van der Waals surface area contributed by atoms with Crippen molar-refractivity contribution < 1.29 is 20.1 Å². The number of aliphatic hydroxyl groups excluding tert-OH is 2. The number of hydrogen-bond acceptors (Lipinski definition) is 3. The maximum atomic E-state index is 10.4. The molecule has 0 aliphatic heterocycles. The molecule has 3 N–H and O–H groups in total. The summed E-state index contributed by atoms with van der Waals surface area (Å²) in [5, 5.41) is 28.9. The van der Waals surface area contributed by atoms with Gasteiger partial charge < -0.3 is 15.3 Å². The molecule has 4 heteroatoms. The summed E-state index contributed by atoms with van der Waals surface area (Å²) in [6.07, 6.45) is 27.9. The van der Waals surface area contributed by atoms with Crippen molar-refractivity contribution >= 4 is 5.97 Å². The minimum atomic E-state index is -0.704. The van der Waals surface area contributed by atoms with E-state index in [1.807, 2.05) is 0 Å². The lowest BCUT2D eigenvalue weighted by Gasteiger charge is -2.14. The van der Waals surface area contributed by atoms with Crippen molar-refractivity contribution in [1.82, 2.24) is 0 Å². The molecule has 0 aromatic carbocycles. The van der Waals surface area contributed by atoms with Crippen LogP contribution >= 0.6 is 0 Å². The predicted molar refractivity (Wildman–Crippen MR) is 141 cm³/mol. The Morgan fingerprint density at radius 2 is 0.788 bits per heavy atom. The minimum Gasteiger partial charge on any atom is -0.481 e. The van der Waals surface area contributed by atoms with Gasteiger partial charge in [-0.15, -0.1) is 0 Å². The van der Waals surface area contributed by atoms with Gasteiger partial charge in [-0.1, -0.05) is 129 Å². The van der Waals surface area contributed by atoms with Crippen LogP contribution < -0.4 is 0 Å². The third-order valence-corrected chi connectivity index (χ3v) is 6.90. The zero-order chi connectivity index (χ0) is 24.4. The number of carboxylic acids is 1. The van der Waals surface area contributed by atoms with Crippen LogP contribution in [0, 0.1) is 0 Å². The van der Waals surface area contributed by atoms with E-state index < -0.39 is 5.97 Å². The second-order valence-electron chi connectivity index (χ2n) is 10.3. The van der Waals surface area contributed by atoms with Gasteiger partial charge in [0.2, 0.25) is 0 Å². The Morgan fingerprint density at radius 1 is 0.485 bits per heavy atom. The van der Waals surface area contributed by atoms with E-state index in [2.05, 4.69) is 6.92 Å². The zero-order valence-electron chi connectivity index (χ0n) is 22.1. The van der Waals surface area contributed by atoms with Crippen LogP contribution in [0.15, 0.2) is 0 Å². The molecule has 0 aromatic rings. The van der Waals surface area contributed by atoms with E-state index in [0.717, 1.165) is 64.2 Å². The highest BCUT2D eigenvalue weighted by Gasteiger charge is 2.09. The van der Waals surface area contributed by atoms with Gasteiger partial charge in [-0.25, -0.2) is 0 Å². The Morgan fingerprint density at radius 3 is 1.12 bits per heavy atom. The molecule has 0 saturated heterocycles. The van der Waals surface area contributed by atoms with Gasteiger partial charge in [0.25, 0.3) is 0 Å². The molecule has 0 rings (SSSR count). The monoisotopic (exact) mass is 470 g/mol. The molecule has 0 spiro atoms. The van der Waals surface area contributed by atoms with Crippen molar-refractivity contribution in [3.8, 4) is 0 Å². The number of hydrogen-bond donors (Lipinski definition) is 3. The quantitative estimate of drug-likeness (QED) is 0.105. The molecule has 0 aromatic heterocycles. The van der Waals surface area contributed by atoms with Crippen LogP contribution in [0.4, 0.5) is 0 Å². The predicted octanol–water partition coefficient (Wildman–Crippen LogP) is 8.57. The fourth-order valence-corrected chi connectivity index (χ4v) is 4.61.